The molecule has 17 heavy (non-hydrogen) atoms. The van der Waals surface area contributed by atoms with Crippen LogP contribution < -0.4 is 10.6 Å². The van der Waals surface area contributed by atoms with E-state index in [2.05, 4.69) is 22.5 Å². The predicted molar refractivity (Wildman–Crippen MR) is 73.8 cm³/mol. The van der Waals surface area contributed by atoms with Crippen LogP contribution in [0.1, 0.15) is 6.92 Å². The van der Waals surface area contributed by atoms with Crippen molar-refractivity contribution in [2.24, 2.45) is 0 Å². The Bertz CT molecular complexity index is 499. The summed E-state index contributed by atoms with van der Waals surface area (Å²) in [5.41, 5.74) is 0. The number of likely N-dealkylation sites (N-methyl/N-ethyl adjacent to an activating group) is 1. The van der Waals surface area contributed by atoms with Crippen molar-refractivity contribution >= 4 is 28.2 Å². The maximum absolute atomic E-state index is 6.01. The van der Waals surface area contributed by atoms with Crippen LogP contribution in [0.15, 0.2) is 30.5 Å². The normalized spacial score (nSPS) is 10.7. The van der Waals surface area contributed by atoms with Crippen LogP contribution in [0.4, 0.5) is 5.82 Å². The molecular weight excluding hydrogens is 234 g/mol. The lowest BCUT2D eigenvalue weighted by Gasteiger charge is -2.09. The number of benzene rings is 1. The summed E-state index contributed by atoms with van der Waals surface area (Å²) in [5.74, 6) is 0.892. The quantitative estimate of drug-likeness (QED) is 0.800. The lowest BCUT2D eigenvalue weighted by atomic mass is 10.1. The molecule has 0 fully saturated rings. The fourth-order valence-electron chi connectivity index (χ4n) is 1.73. The van der Waals surface area contributed by atoms with Crippen molar-refractivity contribution in [1.82, 2.24) is 10.3 Å². The van der Waals surface area contributed by atoms with Gasteiger partial charge in [0.05, 0.1) is 0 Å². The van der Waals surface area contributed by atoms with Crippen LogP contribution >= 0.6 is 11.6 Å². The number of rotatable bonds is 5. The molecule has 2 rings (SSSR count). The number of pyridine rings is 1. The van der Waals surface area contributed by atoms with Crippen molar-refractivity contribution in [2.45, 2.75) is 6.92 Å². The van der Waals surface area contributed by atoms with E-state index in [-0.39, 0.29) is 0 Å². The molecule has 0 radical (unpaired) electrons. The van der Waals surface area contributed by atoms with Gasteiger partial charge < -0.3 is 10.6 Å². The molecule has 3 nitrogen and oxygen atoms in total. The van der Waals surface area contributed by atoms with Crippen molar-refractivity contribution in [1.29, 1.82) is 0 Å². The summed E-state index contributed by atoms with van der Waals surface area (Å²) in [6, 6.07) is 7.84. The van der Waals surface area contributed by atoms with E-state index < -0.39 is 0 Å². The molecule has 1 aromatic heterocycles. The first-order valence-electron chi connectivity index (χ1n) is 5.80. The molecule has 0 aliphatic heterocycles. The largest absolute Gasteiger partial charge is 0.368 e. The molecule has 0 atom stereocenters. The zero-order chi connectivity index (χ0) is 12.1. The Kier molecular flexibility index (Phi) is 4.18. The molecule has 0 unspecified atom stereocenters. The van der Waals surface area contributed by atoms with Crippen LogP contribution in [0.2, 0.25) is 5.02 Å². The van der Waals surface area contributed by atoms with Gasteiger partial charge in [0.25, 0.3) is 0 Å². The lowest BCUT2D eigenvalue weighted by Crippen LogP contribution is -2.21. The zero-order valence-electron chi connectivity index (χ0n) is 9.83. The Labute approximate surface area is 106 Å². The van der Waals surface area contributed by atoms with Crippen LogP contribution in [0.3, 0.4) is 0 Å². The molecule has 1 aromatic carbocycles. The number of hydrogen-bond acceptors (Lipinski definition) is 3. The maximum Gasteiger partial charge on any atom is 0.133 e. The number of aromatic nitrogens is 1. The van der Waals surface area contributed by atoms with Crippen molar-refractivity contribution in [3.05, 3.63) is 35.5 Å². The lowest BCUT2D eigenvalue weighted by molar-refractivity contribution is 0.738. The average molecular weight is 250 g/mol. The summed E-state index contributed by atoms with van der Waals surface area (Å²) in [4.78, 5) is 4.35. The van der Waals surface area contributed by atoms with Crippen molar-refractivity contribution < 1.29 is 0 Å². The van der Waals surface area contributed by atoms with Crippen molar-refractivity contribution in [3.63, 3.8) is 0 Å². The molecule has 0 aliphatic carbocycles. The van der Waals surface area contributed by atoms with E-state index in [4.69, 9.17) is 11.6 Å². The summed E-state index contributed by atoms with van der Waals surface area (Å²) >= 11 is 6.01. The molecular formula is C13H16ClN3. The fourth-order valence-corrected chi connectivity index (χ4v) is 1.90. The van der Waals surface area contributed by atoms with Crippen LogP contribution in [0.25, 0.3) is 10.8 Å². The van der Waals surface area contributed by atoms with Crippen LogP contribution in [-0.4, -0.2) is 24.6 Å². The van der Waals surface area contributed by atoms with E-state index in [0.717, 1.165) is 41.2 Å². The summed E-state index contributed by atoms with van der Waals surface area (Å²) in [7, 11) is 0. The molecule has 0 aliphatic rings. The molecule has 4 heteroatoms. The van der Waals surface area contributed by atoms with Gasteiger partial charge in [0.1, 0.15) is 5.82 Å². The summed E-state index contributed by atoms with van der Waals surface area (Å²) in [6.07, 6.45) is 1.81. The van der Waals surface area contributed by atoms with Crippen LogP contribution in [0, 0.1) is 0 Å². The van der Waals surface area contributed by atoms with Gasteiger partial charge in [-0.05, 0) is 30.1 Å². The SMILES string of the molecule is CCNCCNc1nccc2ccc(Cl)cc12. The molecule has 2 N–H and O–H groups in total. The molecule has 0 amide bonds. The van der Waals surface area contributed by atoms with Gasteiger partial charge in [0.2, 0.25) is 0 Å². The number of halogens is 1. The molecule has 2 aromatic rings. The topological polar surface area (TPSA) is 37.0 Å². The fraction of sp³-hybridized carbons (Fsp3) is 0.308. The highest BCUT2D eigenvalue weighted by molar-refractivity contribution is 6.31. The first-order valence-corrected chi connectivity index (χ1v) is 6.18. The molecule has 1 heterocycles. The third-order valence-electron chi connectivity index (χ3n) is 2.57. The molecule has 0 saturated heterocycles. The molecule has 90 valence electrons. The van der Waals surface area contributed by atoms with Gasteiger partial charge in [-0.1, -0.05) is 24.6 Å². The van der Waals surface area contributed by atoms with Gasteiger partial charge in [-0.25, -0.2) is 4.98 Å². The number of nitrogens with one attached hydrogen (secondary N) is 2. The van der Waals surface area contributed by atoms with Crippen molar-refractivity contribution in [3.8, 4) is 0 Å². The van der Waals surface area contributed by atoms with Crippen LogP contribution in [-0.2, 0) is 0 Å². The second-order valence-electron chi connectivity index (χ2n) is 3.81. The van der Waals surface area contributed by atoms with Gasteiger partial charge in [0.15, 0.2) is 0 Å². The number of fused-ring (bicyclic) bond motifs is 1. The summed E-state index contributed by atoms with van der Waals surface area (Å²) < 4.78 is 0. The summed E-state index contributed by atoms with van der Waals surface area (Å²) in [6.45, 7) is 4.86. The second kappa shape index (κ2) is 5.84. The van der Waals surface area contributed by atoms with Gasteiger partial charge in [-0.3, -0.25) is 0 Å². The minimum atomic E-state index is 0.736. The van der Waals surface area contributed by atoms with E-state index in [9.17, 15) is 0 Å². The zero-order valence-corrected chi connectivity index (χ0v) is 10.6. The van der Waals surface area contributed by atoms with Gasteiger partial charge in [-0.2, -0.15) is 0 Å². The smallest absolute Gasteiger partial charge is 0.133 e. The standard InChI is InChI=1S/C13H16ClN3/c1-2-15-7-8-17-13-12-9-11(14)4-3-10(12)5-6-16-13/h3-6,9,15H,2,7-8H2,1H3,(H,16,17). The Morgan fingerprint density at radius 1 is 1.24 bits per heavy atom. The first kappa shape index (κ1) is 12.1. The summed E-state index contributed by atoms with van der Waals surface area (Å²) in [5, 5.41) is 9.53. The number of nitrogens with zero attached hydrogens (tertiary/aromatic N) is 1. The average Bonchev–Trinajstić information content (AvgIpc) is 2.35. The molecule has 0 spiro atoms. The Morgan fingerprint density at radius 3 is 2.94 bits per heavy atom. The number of hydrogen-bond donors (Lipinski definition) is 2. The second-order valence-corrected chi connectivity index (χ2v) is 4.24. The highest BCUT2D eigenvalue weighted by Gasteiger charge is 2.02. The highest BCUT2D eigenvalue weighted by atomic mass is 35.5. The van der Waals surface area contributed by atoms with E-state index in [1.807, 2.05) is 30.5 Å². The minimum absolute atomic E-state index is 0.736. The minimum Gasteiger partial charge on any atom is -0.368 e. The predicted octanol–water partition coefficient (Wildman–Crippen LogP) is 2.91. The number of anilines is 1. The van der Waals surface area contributed by atoms with Crippen LogP contribution in [0.5, 0.6) is 0 Å². The Hall–Kier alpha value is -1.32. The molecule has 0 saturated carbocycles. The van der Waals surface area contributed by atoms with Gasteiger partial charge in [-0.15, -0.1) is 0 Å². The maximum atomic E-state index is 6.01. The van der Waals surface area contributed by atoms with E-state index in [1.165, 1.54) is 0 Å². The third kappa shape index (κ3) is 3.08. The van der Waals surface area contributed by atoms with Gasteiger partial charge >= 0.3 is 0 Å². The Balaban J connectivity index is 2.18. The highest BCUT2D eigenvalue weighted by Crippen LogP contribution is 2.24. The van der Waals surface area contributed by atoms with Crippen molar-refractivity contribution in [2.75, 3.05) is 25.0 Å². The van der Waals surface area contributed by atoms with E-state index in [1.54, 1.807) is 0 Å². The van der Waals surface area contributed by atoms with E-state index in [0.29, 0.717) is 0 Å². The first-order chi connectivity index (χ1) is 8.31. The van der Waals surface area contributed by atoms with Gasteiger partial charge in [0, 0.05) is 29.7 Å². The Morgan fingerprint density at radius 2 is 2.12 bits per heavy atom. The molecule has 0 bridgehead atoms. The third-order valence-corrected chi connectivity index (χ3v) is 2.81. The monoisotopic (exact) mass is 249 g/mol. The van der Waals surface area contributed by atoms with E-state index >= 15 is 0 Å².